The van der Waals surface area contributed by atoms with Crippen LogP contribution in [-0.4, -0.2) is 20.3 Å². The normalized spacial score (nSPS) is 11.2. The number of hydrogen-bond donors (Lipinski definition) is 1. The van der Waals surface area contributed by atoms with Gasteiger partial charge in [0.15, 0.2) is 0 Å². The van der Waals surface area contributed by atoms with Gasteiger partial charge in [-0.2, -0.15) is 5.10 Å². The minimum Gasteiger partial charge on any atom is -0.342 e. The zero-order valence-electron chi connectivity index (χ0n) is 17.3. The zero-order valence-corrected chi connectivity index (χ0v) is 17.3. The van der Waals surface area contributed by atoms with E-state index in [0.29, 0.717) is 22.2 Å². The molecule has 0 bridgehead atoms. The van der Waals surface area contributed by atoms with E-state index in [2.05, 4.69) is 10.4 Å². The van der Waals surface area contributed by atoms with Gasteiger partial charge in [-0.05, 0) is 36.4 Å². The summed E-state index contributed by atoms with van der Waals surface area (Å²) in [5.41, 5.74) is 1.63. The van der Waals surface area contributed by atoms with Gasteiger partial charge < -0.3 is 9.88 Å². The lowest BCUT2D eigenvalue weighted by atomic mass is 10.1. The first-order valence-corrected chi connectivity index (χ1v) is 10.3. The van der Waals surface area contributed by atoms with Gasteiger partial charge in [0.2, 0.25) is 5.91 Å². The number of pyridine rings is 1. The summed E-state index contributed by atoms with van der Waals surface area (Å²) in [5, 5.41) is 7.44. The second kappa shape index (κ2) is 8.31. The second-order valence-electron chi connectivity index (χ2n) is 7.65. The van der Waals surface area contributed by atoms with Gasteiger partial charge in [-0.1, -0.05) is 36.4 Å². The number of nitrogens with zero attached hydrogens (tertiary/aromatic N) is 3. The molecule has 0 fully saturated rings. The van der Waals surface area contributed by atoms with Crippen molar-refractivity contribution in [3.8, 4) is 11.3 Å². The van der Waals surface area contributed by atoms with E-state index < -0.39 is 17.3 Å². The number of hydrogen-bond acceptors (Lipinski definition) is 3. The number of rotatable bonds is 5. The fraction of sp³-hybridized carbons (Fsp3) is 0.0800. The highest BCUT2D eigenvalue weighted by atomic mass is 19.1. The lowest BCUT2D eigenvalue weighted by molar-refractivity contribution is -0.116. The molecule has 2 aliphatic rings. The van der Waals surface area contributed by atoms with E-state index in [1.54, 1.807) is 59.3 Å². The standard InChI is InChI=1S/C25H18F2N4O2/c26-17-10-11-22-19(12-17)24-20(14-30(22)13-16-6-4-5-9-21(16)27)25(33)31(29-24)15-23(32)28-18-7-2-1-3-8-18/h1-12,14H,13,15H2,(H,28,32). The predicted molar refractivity (Wildman–Crippen MR) is 121 cm³/mol. The third kappa shape index (κ3) is 3.98. The molecule has 5 rings (SSSR count). The summed E-state index contributed by atoms with van der Waals surface area (Å²) in [6.07, 6.45) is 1.57. The van der Waals surface area contributed by atoms with E-state index in [-0.39, 0.29) is 30.2 Å². The molecule has 6 nitrogen and oxygen atoms in total. The maximum atomic E-state index is 14.3. The van der Waals surface area contributed by atoms with Gasteiger partial charge in [-0.25, -0.2) is 13.5 Å². The lowest BCUT2D eigenvalue weighted by Gasteiger charge is -2.14. The van der Waals surface area contributed by atoms with Crippen LogP contribution >= 0.6 is 0 Å². The monoisotopic (exact) mass is 444 g/mol. The molecule has 33 heavy (non-hydrogen) atoms. The van der Waals surface area contributed by atoms with Crippen LogP contribution in [-0.2, 0) is 17.9 Å². The van der Waals surface area contributed by atoms with Gasteiger partial charge in [0.25, 0.3) is 5.56 Å². The van der Waals surface area contributed by atoms with E-state index in [1.165, 1.54) is 18.2 Å². The Morgan fingerprint density at radius 1 is 0.970 bits per heavy atom. The van der Waals surface area contributed by atoms with Crippen molar-refractivity contribution in [3.05, 3.63) is 107 Å². The first-order chi connectivity index (χ1) is 16.0. The Bertz CT molecular complexity index is 1510. The van der Waals surface area contributed by atoms with Crippen LogP contribution in [0.1, 0.15) is 5.56 Å². The summed E-state index contributed by atoms with van der Waals surface area (Å²) in [6.45, 7) is -0.156. The molecule has 0 aromatic heterocycles. The van der Waals surface area contributed by atoms with Gasteiger partial charge >= 0.3 is 0 Å². The van der Waals surface area contributed by atoms with Crippen LogP contribution in [0, 0.1) is 11.6 Å². The molecule has 0 radical (unpaired) electrons. The highest BCUT2D eigenvalue weighted by Crippen LogP contribution is 2.29. The van der Waals surface area contributed by atoms with Crippen molar-refractivity contribution in [1.29, 1.82) is 0 Å². The smallest absolute Gasteiger partial charge is 0.278 e. The lowest BCUT2D eigenvalue weighted by Crippen LogP contribution is -2.26. The van der Waals surface area contributed by atoms with Crippen LogP contribution in [0.15, 0.2) is 83.8 Å². The topological polar surface area (TPSA) is 68.9 Å². The second-order valence-corrected chi connectivity index (χ2v) is 7.65. The number of nitrogens with one attached hydrogen (secondary N) is 1. The van der Waals surface area contributed by atoms with Crippen molar-refractivity contribution in [2.24, 2.45) is 0 Å². The molecule has 164 valence electrons. The molecule has 2 aliphatic heterocycles. The molecular formula is C25H18F2N4O2. The number of anilines is 1. The number of aromatic nitrogens is 3. The fourth-order valence-corrected chi connectivity index (χ4v) is 3.86. The summed E-state index contributed by atoms with van der Waals surface area (Å²) in [6, 6.07) is 19.3. The van der Waals surface area contributed by atoms with E-state index in [0.717, 1.165) is 4.68 Å². The molecule has 8 heteroatoms. The van der Waals surface area contributed by atoms with Crippen LogP contribution in [0.5, 0.6) is 0 Å². The number of halogens is 2. The van der Waals surface area contributed by atoms with Crippen LogP contribution in [0.25, 0.3) is 22.2 Å². The quantitative estimate of drug-likeness (QED) is 0.440. The van der Waals surface area contributed by atoms with Gasteiger partial charge in [0.05, 0.1) is 17.6 Å². The third-order valence-corrected chi connectivity index (χ3v) is 5.40. The largest absolute Gasteiger partial charge is 0.342 e. The average molecular weight is 444 g/mol. The van der Waals surface area contributed by atoms with Crippen molar-refractivity contribution in [1.82, 2.24) is 14.3 Å². The molecule has 0 spiro atoms. The van der Waals surface area contributed by atoms with Crippen molar-refractivity contribution >= 4 is 22.5 Å². The first-order valence-electron chi connectivity index (χ1n) is 10.3. The summed E-state index contributed by atoms with van der Waals surface area (Å²) < 4.78 is 31.1. The summed E-state index contributed by atoms with van der Waals surface area (Å²) in [5.74, 6) is -1.28. The molecule has 2 heterocycles. The highest BCUT2D eigenvalue weighted by Gasteiger charge is 2.22. The van der Waals surface area contributed by atoms with Crippen LogP contribution in [0.4, 0.5) is 14.5 Å². The summed E-state index contributed by atoms with van der Waals surface area (Å²) in [7, 11) is 0. The summed E-state index contributed by atoms with van der Waals surface area (Å²) in [4.78, 5) is 25.5. The Morgan fingerprint density at radius 3 is 2.52 bits per heavy atom. The minimum absolute atomic E-state index is 0.143. The van der Waals surface area contributed by atoms with Gasteiger partial charge in [-0.3, -0.25) is 9.59 Å². The van der Waals surface area contributed by atoms with E-state index in [9.17, 15) is 18.4 Å². The number of fused-ring (bicyclic) bond motifs is 3. The van der Waals surface area contributed by atoms with Crippen LogP contribution in [0.3, 0.4) is 0 Å². The predicted octanol–water partition coefficient (Wildman–Crippen LogP) is 4.27. The fourth-order valence-electron chi connectivity index (χ4n) is 3.86. The van der Waals surface area contributed by atoms with Crippen LogP contribution < -0.4 is 10.9 Å². The van der Waals surface area contributed by atoms with Crippen LogP contribution in [0.2, 0.25) is 0 Å². The Hall–Kier alpha value is -4.33. The van der Waals surface area contributed by atoms with E-state index >= 15 is 0 Å². The summed E-state index contributed by atoms with van der Waals surface area (Å²) >= 11 is 0. The maximum absolute atomic E-state index is 14.3. The minimum atomic E-state index is -0.490. The number of carbonyl (C=O) groups excluding carboxylic acids is 1. The molecular weight excluding hydrogens is 426 g/mol. The van der Waals surface area contributed by atoms with E-state index in [4.69, 9.17) is 0 Å². The Balaban J connectivity index is 1.58. The highest BCUT2D eigenvalue weighted by molar-refractivity contribution is 5.94. The van der Waals surface area contributed by atoms with Gasteiger partial charge in [0, 0.05) is 22.8 Å². The molecule has 0 saturated heterocycles. The number of para-hydroxylation sites is 1. The Labute approximate surface area is 187 Å². The molecule has 0 saturated carbocycles. The SMILES string of the molecule is O=C(Cn1nc2c3cc(F)ccc3n(Cc3ccccc3F)cc-2c1=O)Nc1ccccc1. The number of amides is 1. The zero-order chi connectivity index (χ0) is 22.9. The molecule has 0 unspecified atom stereocenters. The molecule has 3 aromatic carbocycles. The molecule has 1 amide bonds. The van der Waals surface area contributed by atoms with Crippen molar-refractivity contribution in [2.45, 2.75) is 13.1 Å². The Morgan fingerprint density at radius 2 is 1.73 bits per heavy atom. The van der Waals surface area contributed by atoms with Crippen molar-refractivity contribution < 1.29 is 13.6 Å². The molecule has 1 N–H and O–H groups in total. The number of benzene rings is 3. The maximum Gasteiger partial charge on any atom is 0.278 e. The number of carbonyl (C=O) groups is 1. The van der Waals surface area contributed by atoms with Crippen molar-refractivity contribution in [2.75, 3.05) is 5.32 Å². The average Bonchev–Trinajstić information content (AvgIpc) is 3.11. The van der Waals surface area contributed by atoms with E-state index in [1.807, 2.05) is 6.07 Å². The Kier molecular flexibility index (Phi) is 5.18. The molecule has 0 atom stereocenters. The van der Waals surface area contributed by atoms with Gasteiger partial charge in [0.1, 0.15) is 23.9 Å². The van der Waals surface area contributed by atoms with Crippen molar-refractivity contribution in [3.63, 3.8) is 0 Å². The first kappa shape index (κ1) is 20.6. The molecule has 3 aromatic rings. The van der Waals surface area contributed by atoms with Gasteiger partial charge in [-0.15, -0.1) is 0 Å². The third-order valence-electron chi connectivity index (χ3n) is 5.40. The molecule has 0 aliphatic carbocycles.